The number of hydrogen-bond donors (Lipinski definition) is 1. The summed E-state index contributed by atoms with van der Waals surface area (Å²) in [5, 5.41) is 3.50. The standard InChI is InChI=1S/C12H10Br3NS/c1-7(10-5-6-11(15)17-10)16-12-8(13)3-2-4-9(12)14/h2-7,16H,1H3. The summed E-state index contributed by atoms with van der Waals surface area (Å²) < 4.78 is 3.29. The molecule has 2 rings (SSSR count). The van der Waals surface area contributed by atoms with Crippen LogP contribution in [0.4, 0.5) is 5.69 Å². The zero-order valence-electron chi connectivity index (χ0n) is 9.01. The zero-order chi connectivity index (χ0) is 12.4. The summed E-state index contributed by atoms with van der Waals surface area (Å²) in [7, 11) is 0. The maximum atomic E-state index is 3.55. The molecule has 0 spiro atoms. The first-order chi connectivity index (χ1) is 8.08. The third-order valence-electron chi connectivity index (χ3n) is 2.34. The average Bonchev–Trinajstić information content (AvgIpc) is 2.70. The SMILES string of the molecule is CC(Nc1c(Br)cccc1Br)c1ccc(Br)s1. The van der Waals surface area contributed by atoms with Crippen molar-refractivity contribution in [2.45, 2.75) is 13.0 Å². The molecule has 0 bridgehead atoms. The summed E-state index contributed by atoms with van der Waals surface area (Å²) in [6, 6.07) is 10.6. The van der Waals surface area contributed by atoms with Gasteiger partial charge in [0.05, 0.1) is 15.5 Å². The molecule has 0 aliphatic heterocycles. The van der Waals surface area contributed by atoms with Gasteiger partial charge >= 0.3 is 0 Å². The molecule has 1 N–H and O–H groups in total. The molecule has 0 aliphatic rings. The van der Waals surface area contributed by atoms with Gasteiger partial charge in [-0.05, 0) is 79.0 Å². The molecule has 17 heavy (non-hydrogen) atoms. The quantitative estimate of drug-likeness (QED) is 0.599. The maximum absolute atomic E-state index is 3.55. The summed E-state index contributed by atoms with van der Waals surface area (Å²) in [4.78, 5) is 1.31. The van der Waals surface area contributed by atoms with Crippen molar-refractivity contribution in [1.29, 1.82) is 0 Å². The smallest absolute Gasteiger partial charge is 0.0702 e. The largest absolute Gasteiger partial charge is 0.376 e. The van der Waals surface area contributed by atoms with Gasteiger partial charge in [-0.1, -0.05) is 6.07 Å². The molecule has 1 unspecified atom stereocenters. The number of hydrogen-bond acceptors (Lipinski definition) is 2. The van der Waals surface area contributed by atoms with Crippen molar-refractivity contribution in [3.63, 3.8) is 0 Å². The van der Waals surface area contributed by atoms with E-state index >= 15 is 0 Å². The fraction of sp³-hybridized carbons (Fsp3) is 0.167. The molecular formula is C12H10Br3NS. The zero-order valence-corrected chi connectivity index (χ0v) is 14.6. The fourth-order valence-electron chi connectivity index (χ4n) is 1.48. The van der Waals surface area contributed by atoms with E-state index in [2.05, 4.69) is 72.2 Å². The number of para-hydroxylation sites is 1. The number of anilines is 1. The average molecular weight is 440 g/mol. The Kier molecular flexibility index (Phi) is 4.69. The Morgan fingerprint density at radius 3 is 2.24 bits per heavy atom. The van der Waals surface area contributed by atoms with Gasteiger partial charge in [0.25, 0.3) is 0 Å². The minimum absolute atomic E-state index is 0.279. The minimum Gasteiger partial charge on any atom is -0.376 e. The van der Waals surface area contributed by atoms with Gasteiger partial charge in [0.1, 0.15) is 0 Å². The normalized spacial score (nSPS) is 12.5. The first-order valence-corrected chi connectivity index (χ1v) is 8.23. The van der Waals surface area contributed by atoms with E-state index in [1.807, 2.05) is 18.2 Å². The molecule has 1 aromatic heterocycles. The van der Waals surface area contributed by atoms with Gasteiger partial charge in [0.15, 0.2) is 0 Å². The topological polar surface area (TPSA) is 12.0 Å². The van der Waals surface area contributed by atoms with Gasteiger partial charge in [-0.3, -0.25) is 0 Å². The Balaban J connectivity index is 2.21. The van der Waals surface area contributed by atoms with E-state index in [1.165, 1.54) is 4.88 Å². The van der Waals surface area contributed by atoms with E-state index < -0.39 is 0 Å². The summed E-state index contributed by atoms with van der Waals surface area (Å²) in [6.07, 6.45) is 0. The third-order valence-corrected chi connectivity index (χ3v) is 5.47. The Bertz CT molecular complexity index is 504. The van der Waals surface area contributed by atoms with Crippen molar-refractivity contribution in [2.24, 2.45) is 0 Å². The molecule has 90 valence electrons. The van der Waals surface area contributed by atoms with Gasteiger partial charge in [0.2, 0.25) is 0 Å². The molecule has 5 heteroatoms. The van der Waals surface area contributed by atoms with Crippen LogP contribution in [0, 0.1) is 0 Å². The Labute approximate surface area is 130 Å². The monoisotopic (exact) mass is 437 g/mol. The van der Waals surface area contributed by atoms with Crippen LogP contribution in [-0.4, -0.2) is 0 Å². The lowest BCUT2D eigenvalue weighted by atomic mass is 10.2. The molecule has 0 fully saturated rings. The second-order valence-electron chi connectivity index (χ2n) is 3.60. The van der Waals surface area contributed by atoms with Crippen LogP contribution >= 0.6 is 59.1 Å². The maximum Gasteiger partial charge on any atom is 0.0702 e. The Morgan fingerprint density at radius 2 is 1.71 bits per heavy atom. The number of benzene rings is 1. The highest BCUT2D eigenvalue weighted by Crippen LogP contribution is 2.35. The van der Waals surface area contributed by atoms with Gasteiger partial charge in [-0.25, -0.2) is 0 Å². The highest BCUT2D eigenvalue weighted by Gasteiger charge is 2.11. The van der Waals surface area contributed by atoms with Gasteiger partial charge in [-0.2, -0.15) is 0 Å². The van der Waals surface area contributed by atoms with E-state index in [9.17, 15) is 0 Å². The van der Waals surface area contributed by atoms with Crippen LogP contribution in [0.3, 0.4) is 0 Å². The van der Waals surface area contributed by atoms with Crippen molar-refractivity contribution in [3.8, 4) is 0 Å². The van der Waals surface area contributed by atoms with Crippen molar-refractivity contribution in [1.82, 2.24) is 0 Å². The van der Waals surface area contributed by atoms with Crippen molar-refractivity contribution >= 4 is 64.8 Å². The number of halogens is 3. The summed E-state index contributed by atoms with van der Waals surface area (Å²) in [6.45, 7) is 2.16. The molecule has 1 nitrogen and oxygen atoms in total. The molecule has 1 aromatic carbocycles. The Morgan fingerprint density at radius 1 is 1.06 bits per heavy atom. The molecule has 0 amide bonds. The lowest BCUT2D eigenvalue weighted by molar-refractivity contribution is 0.905. The van der Waals surface area contributed by atoms with E-state index in [0.29, 0.717) is 0 Å². The highest BCUT2D eigenvalue weighted by atomic mass is 79.9. The van der Waals surface area contributed by atoms with Crippen molar-refractivity contribution in [2.75, 3.05) is 5.32 Å². The first kappa shape index (κ1) is 13.6. The van der Waals surface area contributed by atoms with Crippen molar-refractivity contribution < 1.29 is 0 Å². The lowest BCUT2D eigenvalue weighted by Crippen LogP contribution is -2.05. The first-order valence-electron chi connectivity index (χ1n) is 5.03. The van der Waals surface area contributed by atoms with Crippen LogP contribution in [0.1, 0.15) is 17.8 Å². The van der Waals surface area contributed by atoms with E-state index in [4.69, 9.17) is 0 Å². The van der Waals surface area contributed by atoms with Crippen LogP contribution in [0.25, 0.3) is 0 Å². The van der Waals surface area contributed by atoms with E-state index in [0.717, 1.165) is 18.4 Å². The van der Waals surface area contributed by atoms with Crippen molar-refractivity contribution in [3.05, 3.63) is 47.9 Å². The van der Waals surface area contributed by atoms with Crippen LogP contribution < -0.4 is 5.32 Å². The van der Waals surface area contributed by atoms with Crippen LogP contribution in [0.15, 0.2) is 43.1 Å². The van der Waals surface area contributed by atoms with Crippen LogP contribution in [0.5, 0.6) is 0 Å². The van der Waals surface area contributed by atoms with Gasteiger partial charge in [0, 0.05) is 13.8 Å². The molecule has 0 radical (unpaired) electrons. The van der Waals surface area contributed by atoms with Crippen LogP contribution in [-0.2, 0) is 0 Å². The molecule has 2 aromatic rings. The van der Waals surface area contributed by atoms with Gasteiger partial charge < -0.3 is 5.32 Å². The molecule has 1 heterocycles. The summed E-state index contributed by atoms with van der Waals surface area (Å²) in [5.41, 5.74) is 1.09. The molecule has 1 atom stereocenters. The number of thiophene rings is 1. The van der Waals surface area contributed by atoms with Gasteiger partial charge in [-0.15, -0.1) is 11.3 Å². The predicted octanol–water partition coefficient (Wildman–Crippen LogP) is 6.21. The Hall–Kier alpha value is 0.160. The molecular weight excluding hydrogens is 430 g/mol. The number of nitrogens with one attached hydrogen (secondary N) is 1. The van der Waals surface area contributed by atoms with Crippen LogP contribution in [0.2, 0.25) is 0 Å². The molecule has 0 saturated heterocycles. The van der Waals surface area contributed by atoms with E-state index in [1.54, 1.807) is 11.3 Å². The van der Waals surface area contributed by atoms with E-state index in [-0.39, 0.29) is 6.04 Å². The fourth-order valence-corrected chi connectivity index (χ4v) is 4.14. The third kappa shape index (κ3) is 3.34. The minimum atomic E-state index is 0.279. The molecule has 0 saturated carbocycles. The second-order valence-corrected chi connectivity index (χ2v) is 7.81. The predicted molar refractivity (Wildman–Crippen MR) is 85.9 cm³/mol. The summed E-state index contributed by atoms with van der Waals surface area (Å²) in [5.74, 6) is 0. The highest BCUT2D eigenvalue weighted by molar-refractivity contribution is 9.11. The molecule has 0 aliphatic carbocycles. The number of rotatable bonds is 3. The lowest BCUT2D eigenvalue weighted by Gasteiger charge is -2.16. The summed E-state index contributed by atoms with van der Waals surface area (Å²) >= 11 is 12.3. The second kappa shape index (κ2) is 5.87.